The number of hydrogen-bond donors (Lipinski definition) is 0. The average molecular weight is 367 g/mol. The first-order chi connectivity index (χ1) is 12.8. The molecule has 5 nitrogen and oxygen atoms in total. The van der Waals surface area contributed by atoms with E-state index in [0.717, 1.165) is 24.5 Å². The van der Waals surface area contributed by atoms with E-state index in [4.69, 9.17) is 9.72 Å². The summed E-state index contributed by atoms with van der Waals surface area (Å²) in [5.41, 5.74) is 1.81. The number of rotatable bonds is 2. The zero-order valence-corrected chi connectivity index (χ0v) is 16.7. The number of ether oxygens (including phenoxy) is 1. The van der Waals surface area contributed by atoms with Crippen LogP contribution in [0.15, 0.2) is 36.7 Å². The minimum Gasteiger partial charge on any atom is -0.444 e. The molecular formula is C22H29N3O2. The number of fused-ring (bicyclic) bond motifs is 1. The molecule has 3 atom stereocenters. The number of aromatic nitrogens is 2. The van der Waals surface area contributed by atoms with Crippen molar-refractivity contribution in [3.05, 3.63) is 48.0 Å². The Morgan fingerprint density at radius 1 is 1.26 bits per heavy atom. The van der Waals surface area contributed by atoms with Crippen LogP contribution in [0, 0.1) is 18.8 Å². The number of aryl methyl sites for hydroxylation is 1. The summed E-state index contributed by atoms with van der Waals surface area (Å²) in [6.07, 6.45) is 7.19. The Morgan fingerprint density at radius 2 is 2.07 bits per heavy atom. The van der Waals surface area contributed by atoms with Gasteiger partial charge < -0.3 is 9.30 Å². The normalized spacial score (nSPS) is 24.9. The molecule has 0 N–H and O–H groups in total. The molecule has 0 unspecified atom stereocenters. The largest absolute Gasteiger partial charge is 0.444 e. The molecule has 0 radical (unpaired) electrons. The van der Waals surface area contributed by atoms with E-state index in [2.05, 4.69) is 35.8 Å². The van der Waals surface area contributed by atoms with E-state index in [-0.39, 0.29) is 12.1 Å². The van der Waals surface area contributed by atoms with E-state index in [1.807, 2.05) is 38.1 Å². The molecule has 2 heterocycles. The Labute approximate surface area is 161 Å². The van der Waals surface area contributed by atoms with E-state index in [1.54, 1.807) is 0 Å². The van der Waals surface area contributed by atoms with Crippen LogP contribution in [0.5, 0.6) is 0 Å². The fraction of sp³-hybridized carbons (Fsp3) is 0.545. The number of carbonyl (C=O) groups is 1. The number of likely N-dealkylation sites (tertiary alicyclic amines) is 1. The third-order valence-corrected chi connectivity index (χ3v) is 5.73. The predicted octanol–water partition coefficient (Wildman–Crippen LogP) is 4.89. The summed E-state index contributed by atoms with van der Waals surface area (Å²) < 4.78 is 7.86. The molecular weight excluding hydrogens is 338 g/mol. The minimum absolute atomic E-state index is 0.0251. The highest BCUT2D eigenvalue weighted by Crippen LogP contribution is 2.49. The van der Waals surface area contributed by atoms with Crippen LogP contribution in [0.3, 0.4) is 0 Å². The Bertz CT molecular complexity index is 836. The highest BCUT2D eigenvalue weighted by Gasteiger charge is 2.49. The van der Waals surface area contributed by atoms with Crippen LogP contribution in [-0.4, -0.2) is 32.7 Å². The molecule has 1 aliphatic carbocycles. The van der Waals surface area contributed by atoms with E-state index < -0.39 is 5.60 Å². The first-order valence-corrected chi connectivity index (χ1v) is 9.93. The Hall–Kier alpha value is -2.30. The molecule has 0 spiro atoms. The van der Waals surface area contributed by atoms with Crippen LogP contribution < -0.4 is 0 Å². The standard InChI is InChI=1S/C22H29N3O2/c1-15-7-5-9-17(13-15)24-12-11-23-20(24)19-18-10-6-8-16(18)14-25(19)21(26)27-22(2,3)4/h5,7,9,11-13,16,18-19H,6,8,10,14H2,1-4H3/t16-,18-,19-/m0/s1. The SMILES string of the molecule is Cc1cccc(-n2ccnc2[C@@H]2[C@H]3CCC[C@H]3CN2C(=O)OC(C)(C)C)c1. The molecule has 2 aromatic rings. The van der Waals surface area contributed by atoms with Crippen molar-refractivity contribution in [3.63, 3.8) is 0 Å². The molecule has 1 saturated heterocycles. The molecule has 27 heavy (non-hydrogen) atoms. The lowest BCUT2D eigenvalue weighted by Crippen LogP contribution is -2.38. The van der Waals surface area contributed by atoms with Crippen molar-refractivity contribution in [3.8, 4) is 5.69 Å². The van der Waals surface area contributed by atoms with Crippen molar-refractivity contribution < 1.29 is 9.53 Å². The predicted molar refractivity (Wildman–Crippen MR) is 105 cm³/mol. The summed E-state index contributed by atoms with van der Waals surface area (Å²) in [6.45, 7) is 8.63. The number of nitrogens with zero attached hydrogens (tertiary/aromatic N) is 3. The van der Waals surface area contributed by atoms with Crippen molar-refractivity contribution in [1.29, 1.82) is 0 Å². The van der Waals surface area contributed by atoms with Crippen molar-refractivity contribution in [1.82, 2.24) is 14.5 Å². The molecule has 1 aromatic carbocycles. The second-order valence-electron chi connectivity index (χ2n) is 8.93. The maximum Gasteiger partial charge on any atom is 0.410 e. The summed E-state index contributed by atoms with van der Waals surface area (Å²) in [7, 11) is 0. The van der Waals surface area contributed by atoms with Gasteiger partial charge in [-0.3, -0.25) is 4.90 Å². The van der Waals surface area contributed by atoms with Crippen LogP contribution in [-0.2, 0) is 4.74 Å². The minimum atomic E-state index is -0.495. The maximum absolute atomic E-state index is 13.0. The van der Waals surface area contributed by atoms with Gasteiger partial charge in [0.15, 0.2) is 0 Å². The molecule has 1 aliphatic heterocycles. The van der Waals surface area contributed by atoms with Gasteiger partial charge in [0.05, 0.1) is 6.04 Å². The molecule has 1 saturated carbocycles. The van der Waals surface area contributed by atoms with Gasteiger partial charge in [-0.1, -0.05) is 18.6 Å². The molecule has 2 fully saturated rings. The van der Waals surface area contributed by atoms with Gasteiger partial charge in [-0.15, -0.1) is 0 Å². The summed E-state index contributed by atoms with van der Waals surface area (Å²) >= 11 is 0. The second-order valence-corrected chi connectivity index (χ2v) is 8.93. The van der Waals surface area contributed by atoms with Crippen LogP contribution in [0.4, 0.5) is 4.79 Å². The highest BCUT2D eigenvalue weighted by molar-refractivity contribution is 5.69. The lowest BCUT2D eigenvalue weighted by molar-refractivity contribution is 0.0190. The first kappa shape index (κ1) is 18.1. The molecule has 5 heteroatoms. The maximum atomic E-state index is 13.0. The topological polar surface area (TPSA) is 47.4 Å². The van der Waals surface area contributed by atoms with Crippen molar-refractivity contribution >= 4 is 6.09 Å². The number of carbonyl (C=O) groups excluding carboxylic acids is 1. The van der Waals surface area contributed by atoms with Crippen LogP contribution >= 0.6 is 0 Å². The summed E-state index contributed by atoms with van der Waals surface area (Å²) in [6, 6.07) is 8.38. The number of imidazole rings is 1. The number of amides is 1. The fourth-order valence-electron chi connectivity index (χ4n) is 4.67. The molecule has 1 amide bonds. The Morgan fingerprint density at radius 3 is 2.81 bits per heavy atom. The van der Waals surface area contributed by atoms with Crippen LogP contribution in [0.1, 0.15) is 57.5 Å². The summed E-state index contributed by atoms with van der Waals surface area (Å²) in [5.74, 6) is 1.95. The zero-order chi connectivity index (χ0) is 19.2. The lowest BCUT2D eigenvalue weighted by atomic mass is 9.93. The van der Waals surface area contributed by atoms with Crippen molar-refractivity contribution in [2.75, 3.05) is 6.54 Å². The van der Waals surface area contributed by atoms with Gasteiger partial charge in [0.25, 0.3) is 0 Å². The van der Waals surface area contributed by atoms with Crippen molar-refractivity contribution in [2.45, 2.75) is 58.6 Å². The second kappa shape index (κ2) is 6.70. The van der Waals surface area contributed by atoms with E-state index in [9.17, 15) is 4.79 Å². The quantitative estimate of drug-likeness (QED) is 0.759. The van der Waals surface area contributed by atoms with Gasteiger partial charge in [-0.05, 0) is 70.1 Å². The van der Waals surface area contributed by atoms with E-state index in [0.29, 0.717) is 11.8 Å². The Balaban J connectivity index is 1.72. The van der Waals surface area contributed by atoms with Gasteiger partial charge in [-0.2, -0.15) is 0 Å². The van der Waals surface area contributed by atoms with E-state index >= 15 is 0 Å². The summed E-state index contributed by atoms with van der Waals surface area (Å²) in [5, 5.41) is 0. The zero-order valence-electron chi connectivity index (χ0n) is 16.7. The third-order valence-electron chi connectivity index (χ3n) is 5.73. The van der Waals surface area contributed by atoms with Gasteiger partial charge in [-0.25, -0.2) is 9.78 Å². The van der Waals surface area contributed by atoms with Crippen LogP contribution in [0.2, 0.25) is 0 Å². The number of benzene rings is 1. The van der Waals surface area contributed by atoms with Crippen LogP contribution in [0.25, 0.3) is 5.69 Å². The smallest absolute Gasteiger partial charge is 0.410 e. The molecule has 1 aromatic heterocycles. The average Bonchev–Trinajstić information content (AvgIpc) is 3.28. The number of hydrogen-bond acceptors (Lipinski definition) is 3. The summed E-state index contributed by atoms with van der Waals surface area (Å²) in [4.78, 5) is 19.6. The molecule has 2 aliphatic rings. The van der Waals surface area contributed by atoms with E-state index in [1.165, 1.54) is 18.4 Å². The van der Waals surface area contributed by atoms with Crippen molar-refractivity contribution in [2.24, 2.45) is 11.8 Å². The van der Waals surface area contributed by atoms with Gasteiger partial charge in [0, 0.05) is 24.6 Å². The highest BCUT2D eigenvalue weighted by atomic mass is 16.6. The fourth-order valence-corrected chi connectivity index (χ4v) is 4.67. The molecule has 0 bridgehead atoms. The van der Waals surface area contributed by atoms with Gasteiger partial charge in [0.2, 0.25) is 0 Å². The third kappa shape index (κ3) is 3.47. The Kier molecular flexibility index (Phi) is 4.49. The first-order valence-electron chi connectivity index (χ1n) is 9.93. The lowest BCUT2D eigenvalue weighted by Gasteiger charge is -2.30. The molecule has 4 rings (SSSR count). The monoisotopic (exact) mass is 367 g/mol. The van der Waals surface area contributed by atoms with Gasteiger partial charge in [0.1, 0.15) is 11.4 Å². The van der Waals surface area contributed by atoms with Gasteiger partial charge >= 0.3 is 6.09 Å². The molecule has 144 valence electrons.